The Hall–Kier alpha value is -5.37. The van der Waals surface area contributed by atoms with E-state index in [9.17, 15) is 32.9 Å². The smallest absolute Gasteiger partial charge is 0.416 e. The molecule has 14 heteroatoms. The molecule has 0 aliphatic rings. The third-order valence-electron chi connectivity index (χ3n) is 6.17. The number of aromatic nitrogens is 2. The number of hydrogen-bond acceptors (Lipinski definition) is 7. The third kappa shape index (κ3) is 6.65. The number of carbonyl (C=O) groups is 1. The van der Waals surface area contributed by atoms with Gasteiger partial charge in [-0.2, -0.15) is 22.9 Å². The van der Waals surface area contributed by atoms with Gasteiger partial charge in [0, 0.05) is 22.9 Å². The molecule has 0 spiro atoms. The second-order valence-corrected chi connectivity index (χ2v) is 10.1. The number of benzene rings is 4. The summed E-state index contributed by atoms with van der Waals surface area (Å²) in [5.74, 6) is -0.938. The van der Waals surface area contributed by atoms with Crippen molar-refractivity contribution in [2.45, 2.75) is 6.18 Å². The second-order valence-electron chi connectivity index (χ2n) is 9.20. The average molecular weight is 666 g/mol. The van der Waals surface area contributed by atoms with Crippen LogP contribution in [0.2, 0.25) is 0 Å². The first-order chi connectivity index (χ1) is 21.0. The van der Waals surface area contributed by atoms with Crippen LogP contribution in [0, 0.1) is 10.1 Å². The predicted molar refractivity (Wildman–Crippen MR) is 161 cm³/mol. The van der Waals surface area contributed by atoms with E-state index in [4.69, 9.17) is 4.74 Å². The number of amides is 1. The number of anilines is 1. The van der Waals surface area contributed by atoms with Crippen LogP contribution in [0.25, 0.3) is 22.3 Å². The molecule has 1 N–H and O–H groups in total. The van der Waals surface area contributed by atoms with E-state index in [0.717, 1.165) is 29.1 Å². The van der Waals surface area contributed by atoms with E-state index in [2.05, 4.69) is 31.3 Å². The van der Waals surface area contributed by atoms with Gasteiger partial charge in [-0.25, -0.2) is 4.98 Å². The zero-order valence-corrected chi connectivity index (χ0v) is 23.9. The quantitative estimate of drug-likeness (QED) is 0.112. The van der Waals surface area contributed by atoms with Gasteiger partial charge in [0.15, 0.2) is 12.4 Å². The molecule has 0 saturated heterocycles. The Balaban J connectivity index is 1.51. The standard InChI is InChI=1S/C30H19BrF3N5O5/c31-23-13-18(14-25(39(42)43)27(23)44-17-26(40)36-21-9-2-1-3-10-21)16-35-38-28(19-7-6-8-20(15-19)30(32,33)34)37-24-12-5-4-11-22(24)29(38)41/h1-16H,17H2,(H,36,40). The van der Waals surface area contributed by atoms with Gasteiger partial charge in [0.1, 0.15) is 0 Å². The zero-order chi connectivity index (χ0) is 31.4. The second kappa shape index (κ2) is 12.5. The molecular weight excluding hydrogens is 647 g/mol. The monoisotopic (exact) mass is 665 g/mol. The topological polar surface area (TPSA) is 129 Å². The molecule has 0 radical (unpaired) electrons. The molecule has 0 aliphatic carbocycles. The van der Waals surface area contributed by atoms with Gasteiger partial charge < -0.3 is 10.1 Å². The molecule has 0 unspecified atom stereocenters. The number of nitrogens with zero attached hydrogens (tertiary/aromatic N) is 4. The number of hydrogen-bond donors (Lipinski definition) is 1. The molecule has 4 aromatic carbocycles. The van der Waals surface area contributed by atoms with Crippen molar-refractivity contribution in [1.82, 2.24) is 9.66 Å². The maximum Gasteiger partial charge on any atom is 0.416 e. The van der Waals surface area contributed by atoms with E-state index < -0.39 is 40.4 Å². The number of nitrogens with one attached hydrogen (secondary N) is 1. The average Bonchev–Trinajstić information content (AvgIpc) is 3.00. The number of fused-ring (bicyclic) bond motifs is 1. The van der Waals surface area contributed by atoms with Gasteiger partial charge in [-0.15, -0.1) is 0 Å². The highest BCUT2D eigenvalue weighted by atomic mass is 79.9. The number of nitro benzene ring substituents is 1. The Morgan fingerprint density at radius 3 is 2.50 bits per heavy atom. The molecular formula is C30H19BrF3N5O5. The van der Waals surface area contributed by atoms with Gasteiger partial charge >= 0.3 is 11.9 Å². The number of nitro groups is 1. The summed E-state index contributed by atoms with van der Waals surface area (Å²) in [5, 5.41) is 18.8. The lowest BCUT2D eigenvalue weighted by Crippen LogP contribution is -2.21. The molecule has 5 aromatic rings. The largest absolute Gasteiger partial charge is 0.476 e. The van der Waals surface area contributed by atoms with E-state index in [-0.39, 0.29) is 38.1 Å². The highest BCUT2D eigenvalue weighted by Gasteiger charge is 2.31. The maximum atomic E-state index is 13.4. The first kappa shape index (κ1) is 30.1. The number of carbonyl (C=O) groups excluding carboxylic acids is 1. The molecule has 1 amide bonds. The fourth-order valence-electron chi connectivity index (χ4n) is 4.19. The van der Waals surface area contributed by atoms with E-state index >= 15 is 0 Å². The van der Waals surface area contributed by atoms with Crippen molar-refractivity contribution in [3.05, 3.63) is 127 Å². The fourth-order valence-corrected chi connectivity index (χ4v) is 4.77. The minimum atomic E-state index is -4.64. The van der Waals surface area contributed by atoms with Crippen LogP contribution in [0.5, 0.6) is 5.75 Å². The number of para-hydroxylation sites is 2. The summed E-state index contributed by atoms with van der Waals surface area (Å²) in [6.45, 7) is -0.528. The van der Waals surface area contributed by atoms with Crippen LogP contribution >= 0.6 is 15.9 Å². The molecule has 44 heavy (non-hydrogen) atoms. The zero-order valence-electron chi connectivity index (χ0n) is 22.3. The van der Waals surface area contributed by atoms with E-state index in [0.29, 0.717) is 5.69 Å². The van der Waals surface area contributed by atoms with Gasteiger partial charge in [-0.1, -0.05) is 42.5 Å². The fraction of sp³-hybridized carbons (Fsp3) is 0.0667. The number of halogens is 4. The van der Waals surface area contributed by atoms with Crippen LogP contribution in [0.1, 0.15) is 11.1 Å². The van der Waals surface area contributed by atoms with Crippen LogP contribution in [-0.4, -0.2) is 33.3 Å². The summed E-state index contributed by atoms with van der Waals surface area (Å²) in [7, 11) is 0. The van der Waals surface area contributed by atoms with Gasteiger partial charge in [0.05, 0.1) is 32.1 Å². The van der Waals surface area contributed by atoms with Crippen molar-refractivity contribution in [3.8, 4) is 17.1 Å². The Morgan fingerprint density at radius 1 is 1.05 bits per heavy atom. The summed E-state index contributed by atoms with van der Waals surface area (Å²) >= 11 is 3.22. The van der Waals surface area contributed by atoms with Crippen LogP contribution in [-0.2, 0) is 11.0 Å². The lowest BCUT2D eigenvalue weighted by atomic mass is 10.1. The Morgan fingerprint density at radius 2 is 1.77 bits per heavy atom. The normalized spacial score (nSPS) is 11.5. The summed E-state index contributed by atoms with van der Waals surface area (Å²) in [4.78, 5) is 41.3. The first-order valence-corrected chi connectivity index (χ1v) is 13.5. The van der Waals surface area contributed by atoms with E-state index in [1.54, 1.807) is 48.5 Å². The molecule has 5 rings (SSSR count). The Bertz CT molecular complexity index is 1980. The van der Waals surface area contributed by atoms with Crippen molar-refractivity contribution < 1.29 is 27.6 Å². The third-order valence-corrected chi connectivity index (χ3v) is 6.76. The number of alkyl halides is 3. The lowest BCUT2D eigenvalue weighted by molar-refractivity contribution is -0.385. The molecule has 1 aromatic heterocycles. The molecule has 222 valence electrons. The van der Waals surface area contributed by atoms with Gasteiger partial charge in [-0.3, -0.25) is 19.7 Å². The molecule has 10 nitrogen and oxygen atoms in total. The maximum absolute atomic E-state index is 13.4. The summed E-state index contributed by atoms with van der Waals surface area (Å²) in [5.41, 5.74) is -1.24. The van der Waals surface area contributed by atoms with Crippen molar-refractivity contribution in [3.63, 3.8) is 0 Å². The molecule has 1 heterocycles. The number of ether oxygens (including phenoxy) is 1. The summed E-state index contributed by atoms with van der Waals surface area (Å²) in [6, 6.07) is 21.6. The molecule has 0 atom stereocenters. The highest BCUT2D eigenvalue weighted by Crippen LogP contribution is 2.36. The molecule has 0 saturated carbocycles. The van der Waals surface area contributed by atoms with Crippen LogP contribution < -0.4 is 15.6 Å². The van der Waals surface area contributed by atoms with Crippen molar-refractivity contribution in [1.29, 1.82) is 0 Å². The Labute approximate surface area is 254 Å². The van der Waals surface area contributed by atoms with Crippen LogP contribution in [0.3, 0.4) is 0 Å². The minimum Gasteiger partial charge on any atom is -0.476 e. The predicted octanol–water partition coefficient (Wildman–Crippen LogP) is 6.65. The number of rotatable bonds is 8. The highest BCUT2D eigenvalue weighted by molar-refractivity contribution is 9.10. The van der Waals surface area contributed by atoms with Crippen LogP contribution in [0.4, 0.5) is 24.5 Å². The van der Waals surface area contributed by atoms with Gasteiger partial charge in [0.25, 0.3) is 11.5 Å². The summed E-state index contributed by atoms with van der Waals surface area (Å²) in [6.07, 6.45) is -3.52. The lowest BCUT2D eigenvalue weighted by Gasteiger charge is -2.12. The SMILES string of the molecule is O=C(COc1c(Br)cc(C=Nn2c(-c3cccc(C(F)(F)F)c3)nc3ccccc3c2=O)cc1[N+](=O)[O-])Nc1ccccc1. The van der Waals surface area contributed by atoms with Crippen molar-refractivity contribution in [2.75, 3.05) is 11.9 Å². The van der Waals surface area contributed by atoms with E-state index in [1.165, 1.54) is 24.3 Å². The molecule has 0 bridgehead atoms. The van der Waals surface area contributed by atoms with Crippen LogP contribution in [0.15, 0.2) is 105 Å². The van der Waals surface area contributed by atoms with Gasteiger partial charge in [-0.05, 0) is 58.4 Å². The molecule has 0 fully saturated rings. The van der Waals surface area contributed by atoms with Crippen molar-refractivity contribution >= 4 is 50.3 Å². The van der Waals surface area contributed by atoms with Crippen molar-refractivity contribution in [2.24, 2.45) is 5.10 Å². The summed E-state index contributed by atoms with van der Waals surface area (Å²) < 4.78 is 46.7. The Kier molecular flexibility index (Phi) is 8.53. The van der Waals surface area contributed by atoms with E-state index in [1.807, 2.05) is 0 Å². The van der Waals surface area contributed by atoms with Gasteiger partial charge in [0.2, 0.25) is 5.75 Å². The molecule has 0 aliphatic heterocycles. The minimum absolute atomic E-state index is 0.0236. The first-order valence-electron chi connectivity index (χ1n) is 12.7.